The quantitative estimate of drug-likeness (QED) is 0.798. The highest BCUT2D eigenvalue weighted by molar-refractivity contribution is 5.36. The van der Waals surface area contributed by atoms with E-state index in [2.05, 4.69) is 69.4 Å². The molecule has 0 amide bonds. The zero-order chi connectivity index (χ0) is 14.5. The summed E-state index contributed by atoms with van der Waals surface area (Å²) in [4.78, 5) is 0. The topological polar surface area (TPSA) is 12.0 Å². The summed E-state index contributed by atoms with van der Waals surface area (Å²) in [6.45, 7) is 10.7. The van der Waals surface area contributed by atoms with Gasteiger partial charge in [-0.05, 0) is 74.0 Å². The molecule has 106 valence electrons. The standard InChI is InChI=1S/C19H25N/c1-14-7-5-6-8-18(14)9-10-20-13-19-12-16(3)15(2)11-17(19)4/h5-8,11-12,20H,9-10,13H2,1-4H3. The molecule has 2 aromatic rings. The summed E-state index contributed by atoms with van der Waals surface area (Å²) in [7, 11) is 0. The molecule has 0 bridgehead atoms. The Labute approximate surface area is 123 Å². The molecule has 0 aliphatic rings. The van der Waals surface area contributed by atoms with Gasteiger partial charge in [0.25, 0.3) is 0 Å². The van der Waals surface area contributed by atoms with Crippen molar-refractivity contribution in [3.05, 3.63) is 69.8 Å². The minimum absolute atomic E-state index is 0.957. The van der Waals surface area contributed by atoms with Gasteiger partial charge < -0.3 is 5.32 Å². The Balaban J connectivity index is 1.88. The second-order valence-electron chi connectivity index (χ2n) is 5.72. The highest BCUT2D eigenvalue weighted by Gasteiger charge is 2.02. The first-order valence-electron chi connectivity index (χ1n) is 7.40. The predicted octanol–water partition coefficient (Wildman–Crippen LogP) is 4.25. The van der Waals surface area contributed by atoms with Crippen molar-refractivity contribution in [3.63, 3.8) is 0 Å². The molecule has 0 spiro atoms. The number of hydrogen-bond donors (Lipinski definition) is 1. The minimum atomic E-state index is 0.957. The van der Waals surface area contributed by atoms with Gasteiger partial charge in [-0.2, -0.15) is 0 Å². The molecular weight excluding hydrogens is 242 g/mol. The lowest BCUT2D eigenvalue weighted by molar-refractivity contribution is 0.682. The third-order valence-electron chi connectivity index (χ3n) is 4.10. The molecule has 0 aromatic heterocycles. The molecule has 20 heavy (non-hydrogen) atoms. The Hall–Kier alpha value is -1.60. The summed E-state index contributed by atoms with van der Waals surface area (Å²) in [5.41, 5.74) is 8.39. The molecule has 0 unspecified atom stereocenters. The maximum Gasteiger partial charge on any atom is 0.0208 e. The van der Waals surface area contributed by atoms with Gasteiger partial charge in [0, 0.05) is 6.54 Å². The summed E-state index contributed by atoms with van der Waals surface area (Å²) in [6, 6.07) is 13.2. The zero-order valence-electron chi connectivity index (χ0n) is 13.1. The average Bonchev–Trinajstić information content (AvgIpc) is 2.42. The molecule has 0 radical (unpaired) electrons. The van der Waals surface area contributed by atoms with Gasteiger partial charge in [0.05, 0.1) is 0 Å². The van der Waals surface area contributed by atoms with Crippen LogP contribution in [0, 0.1) is 27.7 Å². The fourth-order valence-electron chi connectivity index (χ4n) is 2.55. The Bertz CT molecular complexity index is 584. The first kappa shape index (κ1) is 14.8. The van der Waals surface area contributed by atoms with Crippen LogP contribution in [0.5, 0.6) is 0 Å². The molecule has 2 aromatic carbocycles. The number of aryl methyl sites for hydroxylation is 4. The second kappa shape index (κ2) is 6.71. The molecule has 0 atom stereocenters. The molecule has 1 N–H and O–H groups in total. The smallest absolute Gasteiger partial charge is 0.0208 e. The zero-order valence-corrected chi connectivity index (χ0v) is 13.1. The number of rotatable bonds is 5. The van der Waals surface area contributed by atoms with Gasteiger partial charge in [-0.25, -0.2) is 0 Å². The van der Waals surface area contributed by atoms with Crippen LogP contribution < -0.4 is 5.32 Å². The highest BCUT2D eigenvalue weighted by Crippen LogP contribution is 2.15. The number of hydrogen-bond acceptors (Lipinski definition) is 1. The lowest BCUT2D eigenvalue weighted by Crippen LogP contribution is -2.17. The normalized spacial score (nSPS) is 10.8. The summed E-state index contributed by atoms with van der Waals surface area (Å²) in [5, 5.41) is 3.56. The van der Waals surface area contributed by atoms with Crippen LogP contribution in [0.25, 0.3) is 0 Å². The Kier molecular flexibility index (Phi) is 4.97. The van der Waals surface area contributed by atoms with Gasteiger partial charge in [-0.1, -0.05) is 36.4 Å². The first-order valence-corrected chi connectivity index (χ1v) is 7.40. The van der Waals surface area contributed by atoms with Crippen molar-refractivity contribution < 1.29 is 0 Å². The van der Waals surface area contributed by atoms with Crippen molar-refractivity contribution in [1.82, 2.24) is 5.32 Å². The third kappa shape index (κ3) is 3.71. The Morgan fingerprint density at radius 3 is 2.20 bits per heavy atom. The van der Waals surface area contributed by atoms with Crippen LogP contribution in [0.3, 0.4) is 0 Å². The first-order chi connectivity index (χ1) is 9.58. The molecule has 1 nitrogen and oxygen atoms in total. The van der Waals surface area contributed by atoms with Crippen molar-refractivity contribution in [3.8, 4) is 0 Å². The van der Waals surface area contributed by atoms with Crippen LogP contribution in [0.1, 0.15) is 33.4 Å². The van der Waals surface area contributed by atoms with Crippen LogP contribution in [0.2, 0.25) is 0 Å². The lowest BCUT2D eigenvalue weighted by Gasteiger charge is -2.11. The van der Waals surface area contributed by atoms with Gasteiger partial charge >= 0.3 is 0 Å². The second-order valence-corrected chi connectivity index (χ2v) is 5.72. The van der Waals surface area contributed by atoms with Crippen molar-refractivity contribution in [1.29, 1.82) is 0 Å². The fourth-order valence-corrected chi connectivity index (χ4v) is 2.55. The largest absolute Gasteiger partial charge is 0.312 e. The van der Waals surface area contributed by atoms with Gasteiger partial charge in [0.1, 0.15) is 0 Å². The van der Waals surface area contributed by atoms with Gasteiger partial charge in [-0.15, -0.1) is 0 Å². The molecule has 0 aliphatic heterocycles. The highest BCUT2D eigenvalue weighted by atomic mass is 14.8. The summed E-state index contributed by atoms with van der Waals surface area (Å²) in [5.74, 6) is 0. The molecule has 0 fully saturated rings. The lowest BCUT2D eigenvalue weighted by atomic mass is 10.0. The molecular formula is C19H25N. The van der Waals surface area contributed by atoms with E-state index in [1.807, 2.05) is 0 Å². The van der Waals surface area contributed by atoms with Crippen molar-refractivity contribution in [2.45, 2.75) is 40.7 Å². The SMILES string of the molecule is Cc1cc(C)c(CNCCc2ccccc2C)cc1C. The van der Waals surface area contributed by atoms with E-state index >= 15 is 0 Å². The predicted molar refractivity (Wildman–Crippen MR) is 87.2 cm³/mol. The Morgan fingerprint density at radius 1 is 0.750 bits per heavy atom. The molecule has 2 rings (SSSR count). The van der Waals surface area contributed by atoms with E-state index in [4.69, 9.17) is 0 Å². The minimum Gasteiger partial charge on any atom is -0.312 e. The molecule has 0 saturated carbocycles. The molecule has 0 heterocycles. The van der Waals surface area contributed by atoms with Crippen LogP contribution >= 0.6 is 0 Å². The Morgan fingerprint density at radius 2 is 1.45 bits per heavy atom. The number of nitrogens with one attached hydrogen (secondary N) is 1. The van der Waals surface area contributed by atoms with Crippen molar-refractivity contribution in [2.24, 2.45) is 0 Å². The average molecular weight is 267 g/mol. The van der Waals surface area contributed by atoms with Gasteiger partial charge in [0.2, 0.25) is 0 Å². The van der Waals surface area contributed by atoms with Gasteiger partial charge in [-0.3, -0.25) is 0 Å². The van der Waals surface area contributed by atoms with E-state index in [9.17, 15) is 0 Å². The van der Waals surface area contributed by atoms with Crippen molar-refractivity contribution in [2.75, 3.05) is 6.54 Å². The van der Waals surface area contributed by atoms with Crippen molar-refractivity contribution >= 4 is 0 Å². The fraction of sp³-hybridized carbons (Fsp3) is 0.368. The number of benzene rings is 2. The van der Waals surface area contributed by atoms with E-state index in [-0.39, 0.29) is 0 Å². The monoisotopic (exact) mass is 267 g/mol. The maximum atomic E-state index is 3.56. The van der Waals surface area contributed by atoms with E-state index < -0.39 is 0 Å². The maximum absolute atomic E-state index is 3.56. The van der Waals surface area contributed by atoms with E-state index in [0.29, 0.717) is 0 Å². The van der Waals surface area contributed by atoms with Crippen LogP contribution in [0.15, 0.2) is 36.4 Å². The van der Waals surface area contributed by atoms with E-state index in [0.717, 1.165) is 19.5 Å². The van der Waals surface area contributed by atoms with Crippen LogP contribution in [0.4, 0.5) is 0 Å². The summed E-state index contributed by atoms with van der Waals surface area (Å²) in [6.07, 6.45) is 1.09. The molecule has 0 saturated heterocycles. The van der Waals surface area contributed by atoms with E-state index in [1.54, 1.807) is 0 Å². The summed E-state index contributed by atoms with van der Waals surface area (Å²) < 4.78 is 0. The van der Waals surface area contributed by atoms with Gasteiger partial charge in [0.15, 0.2) is 0 Å². The molecule has 1 heteroatoms. The van der Waals surface area contributed by atoms with E-state index in [1.165, 1.54) is 33.4 Å². The van der Waals surface area contributed by atoms with Crippen LogP contribution in [-0.4, -0.2) is 6.54 Å². The summed E-state index contributed by atoms with van der Waals surface area (Å²) >= 11 is 0. The third-order valence-corrected chi connectivity index (χ3v) is 4.10. The molecule has 0 aliphatic carbocycles. The van der Waals surface area contributed by atoms with Crippen LogP contribution in [-0.2, 0) is 13.0 Å².